The van der Waals surface area contributed by atoms with Crippen molar-refractivity contribution in [3.05, 3.63) is 17.7 Å². The highest BCUT2D eigenvalue weighted by molar-refractivity contribution is 6.27. The molecular formula is C22H34N2O7. The van der Waals surface area contributed by atoms with Crippen molar-refractivity contribution in [1.82, 2.24) is 9.80 Å². The molecular weight excluding hydrogens is 404 g/mol. The van der Waals surface area contributed by atoms with Gasteiger partial charge in [-0.3, -0.25) is 9.80 Å². The average Bonchev–Trinajstić information content (AvgIpc) is 3.05. The van der Waals surface area contributed by atoms with Crippen molar-refractivity contribution in [3.63, 3.8) is 0 Å². The Bertz CT molecular complexity index is 688. The van der Waals surface area contributed by atoms with Gasteiger partial charge in [0.1, 0.15) is 0 Å². The van der Waals surface area contributed by atoms with E-state index in [4.69, 9.17) is 29.3 Å². The Morgan fingerprint density at radius 3 is 1.81 bits per heavy atom. The second-order valence-electron chi connectivity index (χ2n) is 7.92. The molecule has 0 bridgehead atoms. The Kier molecular flexibility index (Phi) is 9.87. The summed E-state index contributed by atoms with van der Waals surface area (Å²) in [4.78, 5) is 23.4. The van der Waals surface area contributed by atoms with Crippen LogP contribution in [0.5, 0.6) is 17.2 Å². The van der Waals surface area contributed by atoms with Crippen LogP contribution in [0.15, 0.2) is 12.1 Å². The number of ether oxygens (including phenoxy) is 2. The number of aliphatic carboxylic acids is 2. The molecule has 1 saturated carbocycles. The maximum Gasteiger partial charge on any atom is 0.414 e. The summed E-state index contributed by atoms with van der Waals surface area (Å²) in [6.07, 6.45) is 8.40. The third kappa shape index (κ3) is 7.59. The topological polar surface area (TPSA) is 120 Å². The van der Waals surface area contributed by atoms with Gasteiger partial charge in [0.05, 0.1) is 14.2 Å². The molecule has 2 aliphatic rings. The van der Waals surface area contributed by atoms with Crippen molar-refractivity contribution in [3.8, 4) is 17.2 Å². The quantitative estimate of drug-likeness (QED) is 0.470. The van der Waals surface area contributed by atoms with E-state index in [9.17, 15) is 5.11 Å². The average molecular weight is 439 g/mol. The molecule has 1 aromatic rings. The lowest BCUT2D eigenvalue weighted by molar-refractivity contribution is -0.159. The predicted octanol–water partition coefficient (Wildman–Crippen LogP) is 2.41. The second kappa shape index (κ2) is 12.4. The number of carboxylic acids is 2. The molecule has 0 aromatic heterocycles. The van der Waals surface area contributed by atoms with Gasteiger partial charge in [-0.25, -0.2) is 9.59 Å². The molecule has 3 rings (SSSR count). The zero-order valence-corrected chi connectivity index (χ0v) is 18.4. The minimum atomic E-state index is -1.82. The summed E-state index contributed by atoms with van der Waals surface area (Å²) in [7, 11) is 3.15. The maximum absolute atomic E-state index is 10.1. The number of carbonyl (C=O) groups is 2. The van der Waals surface area contributed by atoms with Crippen LogP contribution in [0.2, 0.25) is 0 Å². The minimum Gasteiger partial charge on any atom is -0.502 e. The zero-order chi connectivity index (χ0) is 22.8. The van der Waals surface area contributed by atoms with Gasteiger partial charge < -0.3 is 24.8 Å². The molecule has 0 radical (unpaired) electrons. The van der Waals surface area contributed by atoms with Crippen LogP contribution in [-0.4, -0.2) is 83.5 Å². The first-order chi connectivity index (χ1) is 14.8. The Hall–Kier alpha value is -2.52. The Morgan fingerprint density at radius 2 is 1.39 bits per heavy atom. The third-order valence-electron chi connectivity index (χ3n) is 5.88. The zero-order valence-electron chi connectivity index (χ0n) is 18.4. The Morgan fingerprint density at radius 1 is 0.903 bits per heavy atom. The van der Waals surface area contributed by atoms with Crippen LogP contribution < -0.4 is 9.47 Å². The lowest BCUT2D eigenvalue weighted by Crippen LogP contribution is -2.49. The normalized spacial score (nSPS) is 18.4. The van der Waals surface area contributed by atoms with E-state index in [1.54, 1.807) is 14.2 Å². The Labute approximate surface area is 183 Å². The fraction of sp³-hybridized carbons (Fsp3) is 0.636. The molecule has 0 unspecified atom stereocenters. The number of aromatic hydroxyl groups is 1. The predicted molar refractivity (Wildman–Crippen MR) is 115 cm³/mol. The number of hydrogen-bond donors (Lipinski definition) is 3. The van der Waals surface area contributed by atoms with Crippen LogP contribution in [0.3, 0.4) is 0 Å². The van der Waals surface area contributed by atoms with E-state index in [1.165, 1.54) is 38.5 Å². The Balaban J connectivity index is 0.000000501. The summed E-state index contributed by atoms with van der Waals surface area (Å²) in [5, 5.41) is 24.8. The molecule has 1 aromatic carbocycles. The van der Waals surface area contributed by atoms with Crippen LogP contribution >= 0.6 is 0 Å². The molecule has 1 aliphatic heterocycles. The largest absolute Gasteiger partial charge is 0.502 e. The highest BCUT2D eigenvalue weighted by Crippen LogP contribution is 2.37. The molecule has 0 amide bonds. The molecule has 1 heterocycles. The fourth-order valence-electron chi connectivity index (χ4n) is 4.21. The van der Waals surface area contributed by atoms with Gasteiger partial charge in [0.2, 0.25) is 5.75 Å². The van der Waals surface area contributed by atoms with Gasteiger partial charge in [0, 0.05) is 38.8 Å². The van der Waals surface area contributed by atoms with Crippen LogP contribution in [0.1, 0.15) is 44.1 Å². The molecule has 31 heavy (non-hydrogen) atoms. The van der Waals surface area contributed by atoms with Crippen LogP contribution in [0, 0.1) is 0 Å². The van der Waals surface area contributed by atoms with E-state index in [1.807, 2.05) is 12.1 Å². The SMILES string of the molecule is COc1cc(CN2CCN(C3CCCCCC3)CC2)cc(OC)c1O.O=C(O)C(=O)O. The van der Waals surface area contributed by atoms with Crippen molar-refractivity contribution >= 4 is 11.9 Å². The van der Waals surface area contributed by atoms with Crippen molar-refractivity contribution in [2.75, 3.05) is 40.4 Å². The number of phenolic OH excluding ortho intramolecular Hbond substituents is 1. The van der Waals surface area contributed by atoms with Gasteiger partial charge in [0.25, 0.3) is 0 Å². The van der Waals surface area contributed by atoms with E-state index in [2.05, 4.69) is 9.80 Å². The standard InChI is InChI=1S/C20H32N2O3.C2H2O4/c1-24-18-13-16(14-19(25-2)20(18)23)15-21-9-11-22(12-10-21)17-7-5-3-4-6-8-17;3-1(4)2(5)6/h13-14,17,23H,3-12,15H2,1-2H3;(H,3,4)(H,5,6). The smallest absolute Gasteiger partial charge is 0.414 e. The van der Waals surface area contributed by atoms with Crippen molar-refractivity contribution in [2.45, 2.75) is 51.1 Å². The molecule has 174 valence electrons. The number of piperazine rings is 1. The summed E-state index contributed by atoms with van der Waals surface area (Å²) < 4.78 is 10.5. The lowest BCUT2D eigenvalue weighted by atomic mass is 10.1. The number of phenols is 1. The van der Waals surface area contributed by atoms with Gasteiger partial charge >= 0.3 is 11.9 Å². The third-order valence-corrected chi connectivity index (χ3v) is 5.88. The molecule has 1 saturated heterocycles. The number of benzene rings is 1. The van der Waals surface area contributed by atoms with E-state index in [0.29, 0.717) is 11.5 Å². The summed E-state index contributed by atoms with van der Waals surface area (Å²) in [5.41, 5.74) is 1.12. The van der Waals surface area contributed by atoms with E-state index in [-0.39, 0.29) is 5.75 Å². The van der Waals surface area contributed by atoms with Gasteiger partial charge in [-0.05, 0) is 30.5 Å². The van der Waals surface area contributed by atoms with Crippen molar-refractivity contribution < 1.29 is 34.4 Å². The minimum absolute atomic E-state index is 0.0759. The van der Waals surface area contributed by atoms with Crippen LogP contribution in [0.25, 0.3) is 0 Å². The van der Waals surface area contributed by atoms with E-state index < -0.39 is 11.9 Å². The number of carboxylic acid groups (broad SMARTS) is 2. The van der Waals surface area contributed by atoms with Gasteiger partial charge in [-0.1, -0.05) is 25.7 Å². The summed E-state index contributed by atoms with van der Waals surface area (Å²) in [6, 6.07) is 4.63. The molecule has 9 heteroatoms. The molecule has 2 fully saturated rings. The molecule has 0 atom stereocenters. The number of nitrogens with zero attached hydrogens (tertiary/aromatic N) is 2. The van der Waals surface area contributed by atoms with Crippen molar-refractivity contribution in [1.29, 1.82) is 0 Å². The lowest BCUT2D eigenvalue weighted by Gasteiger charge is -2.39. The van der Waals surface area contributed by atoms with E-state index >= 15 is 0 Å². The van der Waals surface area contributed by atoms with Gasteiger partial charge in [-0.2, -0.15) is 0 Å². The fourth-order valence-corrected chi connectivity index (χ4v) is 4.21. The molecule has 1 aliphatic carbocycles. The molecule has 3 N–H and O–H groups in total. The van der Waals surface area contributed by atoms with Gasteiger partial charge in [-0.15, -0.1) is 0 Å². The monoisotopic (exact) mass is 438 g/mol. The van der Waals surface area contributed by atoms with E-state index in [0.717, 1.165) is 44.3 Å². The number of methoxy groups -OCH3 is 2. The summed E-state index contributed by atoms with van der Waals surface area (Å²) in [6.45, 7) is 5.39. The summed E-state index contributed by atoms with van der Waals surface area (Å²) in [5.74, 6) is -2.62. The van der Waals surface area contributed by atoms with Crippen molar-refractivity contribution in [2.24, 2.45) is 0 Å². The van der Waals surface area contributed by atoms with Crippen LogP contribution in [-0.2, 0) is 16.1 Å². The molecule has 9 nitrogen and oxygen atoms in total. The van der Waals surface area contributed by atoms with Crippen LogP contribution in [0.4, 0.5) is 0 Å². The number of rotatable bonds is 5. The number of hydrogen-bond acceptors (Lipinski definition) is 7. The maximum atomic E-state index is 10.1. The second-order valence-corrected chi connectivity index (χ2v) is 7.92. The first kappa shape index (κ1) is 24.7. The first-order valence-electron chi connectivity index (χ1n) is 10.7. The van der Waals surface area contributed by atoms with Gasteiger partial charge in [0.15, 0.2) is 11.5 Å². The highest BCUT2D eigenvalue weighted by atomic mass is 16.5. The summed E-state index contributed by atoms with van der Waals surface area (Å²) >= 11 is 0. The first-order valence-corrected chi connectivity index (χ1v) is 10.7. The molecule has 0 spiro atoms. The highest BCUT2D eigenvalue weighted by Gasteiger charge is 2.24.